The summed E-state index contributed by atoms with van der Waals surface area (Å²) >= 11 is 0. The smallest absolute Gasteiger partial charge is 0.0636 e. The molecule has 4 bridgehead atoms. The van der Waals surface area contributed by atoms with E-state index in [0.717, 1.165) is 19.3 Å². The van der Waals surface area contributed by atoms with Gasteiger partial charge in [-0.2, -0.15) is 0 Å². The van der Waals surface area contributed by atoms with Crippen LogP contribution in [0.5, 0.6) is 0 Å². The fourth-order valence-electron chi connectivity index (χ4n) is 5.66. The van der Waals surface area contributed by atoms with E-state index in [1.54, 1.807) is 0 Å². The number of aliphatic hydroxyl groups excluding tert-OH is 2. The largest absolute Gasteiger partial charge is 0.393 e. The summed E-state index contributed by atoms with van der Waals surface area (Å²) in [7, 11) is 0. The molecule has 2 nitrogen and oxygen atoms in total. The molecule has 0 radical (unpaired) electrons. The van der Waals surface area contributed by atoms with Gasteiger partial charge in [-0.05, 0) is 42.9 Å². The van der Waals surface area contributed by atoms with Crippen LogP contribution in [0, 0.1) is 28.1 Å². The summed E-state index contributed by atoms with van der Waals surface area (Å²) in [5.41, 5.74) is 0.0330. The van der Waals surface area contributed by atoms with E-state index in [9.17, 15) is 10.2 Å². The predicted octanol–water partition coefficient (Wildman–Crippen LogP) is 2.58. The Morgan fingerprint density at radius 1 is 0.941 bits per heavy atom. The lowest BCUT2D eigenvalue weighted by Crippen LogP contribution is -2.47. The van der Waals surface area contributed by atoms with Gasteiger partial charge in [0, 0.05) is 10.8 Å². The van der Waals surface area contributed by atoms with Gasteiger partial charge in [0.15, 0.2) is 0 Å². The van der Waals surface area contributed by atoms with Crippen LogP contribution < -0.4 is 0 Å². The van der Waals surface area contributed by atoms with Crippen molar-refractivity contribution in [3.05, 3.63) is 0 Å². The molecule has 3 aliphatic rings. The first-order valence-electron chi connectivity index (χ1n) is 7.11. The molecule has 0 aromatic rings. The van der Waals surface area contributed by atoms with Crippen LogP contribution in [0.4, 0.5) is 0 Å². The van der Waals surface area contributed by atoms with E-state index in [2.05, 4.69) is 27.7 Å². The molecule has 0 spiro atoms. The van der Waals surface area contributed by atoms with E-state index in [0.29, 0.717) is 11.8 Å². The Bertz CT molecular complexity index is 351. The van der Waals surface area contributed by atoms with Crippen molar-refractivity contribution in [2.24, 2.45) is 28.1 Å². The van der Waals surface area contributed by atoms with Crippen LogP contribution in [0.25, 0.3) is 0 Å². The second-order valence-electron chi connectivity index (χ2n) is 7.86. The molecule has 0 heterocycles. The highest BCUT2D eigenvalue weighted by Gasteiger charge is 2.73. The first-order chi connectivity index (χ1) is 7.75. The Morgan fingerprint density at radius 3 is 2.24 bits per heavy atom. The van der Waals surface area contributed by atoms with Crippen molar-refractivity contribution in [3.63, 3.8) is 0 Å². The number of rotatable bonds is 0. The molecule has 3 fully saturated rings. The molecule has 6 atom stereocenters. The van der Waals surface area contributed by atoms with Gasteiger partial charge in [-0.25, -0.2) is 0 Å². The zero-order valence-electron chi connectivity index (χ0n) is 11.5. The highest BCUT2D eigenvalue weighted by Crippen LogP contribution is 2.74. The molecule has 2 N–H and O–H groups in total. The van der Waals surface area contributed by atoms with E-state index in [-0.39, 0.29) is 28.5 Å². The third-order valence-corrected chi connectivity index (χ3v) is 7.06. The van der Waals surface area contributed by atoms with Gasteiger partial charge in [0.25, 0.3) is 0 Å². The maximum atomic E-state index is 10.8. The third-order valence-electron chi connectivity index (χ3n) is 7.06. The fraction of sp³-hybridized carbons (Fsp3) is 1.00. The molecule has 3 rings (SSSR count). The van der Waals surface area contributed by atoms with Gasteiger partial charge in [-0.15, -0.1) is 0 Å². The molecule has 0 aromatic heterocycles. The second kappa shape index (κ2) is 3.08. The third kappa shape index (κ3) is 1.10. The quantitative estimate of drug-likeness (QED) is 0.681. The van der Waals surface area contributed by atoms with Crippen LogP contribution in [0.15, 0.2) is 0 Å². The van der Waals surface area contributed by atoms with Crippen LogP contribution in [0.3, 0.4) is 0 Å². The molecule has 3 saturated carbocycles. The van der Waals surface area contributed by atoms with Gasteiger partial charge in [-0.3, -0.25) is 0 Å². The van der Waals surface area contributed by atoms with E-state index >= 15 is 0 Å². The van der Waals surface area contributed by atoms with E-state index in [1.165, 1.54) is 6.42 Å². The van der Waals surface area contributed by atoms with Gasteiger partial charge in [0.2, 0.25) is 0 Å². The van der Waals surface area contributed by atoms with Crippen molar-refractivity contribution in [2.45, 2.75) is 65.6 Å². The summed E-state index contributed by atoms with van der Waals surface area (Å²) in [6, 6.07) is 0. The minimum Gasteiger partial charge on any atom is -0.393 e. The van der Waals surface area contributed by atoms with Crippen molar-refractivity contribution in [1.29, 1.82) is 0 Å². The summed E-state index contributed by atoms with van der Waals surface area (Å²) in [5.74, 6) is 0.887. The molecule has 3 aliphatic carbocycles. The Hall–Kier alpha value is -0.0800. The molecule has 0 saturated heterocycles. The SMILES string of the molecule is CC1(C)CC[C@H](O)[C@]2(C)[C@H]3CC[C@]2(C)[C@H](O)[C@H]31. The topological polar surface area (TPSA) is 40.5 Å². The minimum atomic E-state index is -0.235. The zero-order valence-corrected chi connectivity index (χ0v) is 11.5. The Labute approximate surface area is 104 Å². The predicted molar refractivity (Wildman–Crippen MR) is 67.5 cm³/mol. The lowest BCUT2D eigenvalue weighted by atomic mass is 9.62. The van der Waals surface area contributed by atoms with E-state index in [1.807, 2.05) is 0 Å². The highest BCUT2D eigenvalue weighted by atomic mass is 16.3. The van der Waals surface area contributed by atoms with Crippen molar-refractivity contribution in [1.82, 2.24) is 0 Å². The lowest BCUT2D eigenvalue weighted by molar-refractivity contribution is -0.0930. The summed E-state index contributed by atoms with van der Waals surface area (Å²) in [6.07, 6.45) is 3.75. The van der Waals surface area contributed by atoms with Crippen molar-refractivity contribution < 1.29 is 10.2 Å². The molecular formula is C15H26O2. The van der Waals surface area contributed by atoms with Gasteiger partial charge in [-0.1, -0.05) is 27.7 Å². The van der Waals surface area contributed by atoms with Crippen molar-refractivity contribution in [3.8, 4) is 0 Å². The van der Waals surface area contributed by atoms with Gasteiger partial charge < -0.3 is 10.2 Å². The normalized spacial score (nSPS) is 60.4. The Kier molecular flexibility index (Phi) is 2.17. The summed E-state index contributed by atoms with van der Waals surface area (Å²) in [5, 5.41) is 21.4. The van der Waals surface area contributed by atoms with E-state index < -0.39 is 0 Å². The van der Waals surface area contributed by atoms with Gasteiger partial charge >= 0.3 is 0 Å². The molecular weight excluding hydrogens is 212 g/mol. The monoisotopic (exact) mass is 238 g/mol. The van der Waals surface area contributed by atoms with E-state index in [4.69, 9.17) is 0 Å². The summed E-state index contributed by atoms with van der Waals surface area (Å²) < 4.78 is 0. The highest BCUT2D eigenvalue weighted by molar-refractivity contribution is 5.21. The summed E-state index contributed by atoms with van der Waals surface area (Å²) in [6.45, 7) is 9.01. The Balaban J connectivity index is 2.16. The standard InChI is InChI=1S/C15H26O2/c1-13(2)7-6-10(16)15(4)9-5-8-14(15,3)12(17)11(9)13/h9-12,16-17H,5-8H2,1-4H3/t9-,10-,11-,12+,14+,15-/m0/s1. The maximum absolute atomic E-state index is 10.8. The fourth-order valence-corrected chi connectivity index (χ4v) is 5.66. The maximum Gasteiger partial charge on any atom is 0.0636 e. The molecule has 0 aromatic carbocycles. The first-order valence-corrected chi connectivity index (χ1v) is 7.11. The van der Waals surface area contributed by atoms with Crippen LogP contribution in [0.2, 0.25) is 0 Å². The lowest BCUT2D eigenvalue weighted by Gasteiger charge is -2.46. The van der Waals surface area contributed by atoms with Crippen LogP contribution in [-0.2, 0) is 0 Å². The molecule has 0 unspecified atom stereocenters. The number of hydrogen-bond acceptors (Lipinski definition) is 2. The molecule has 98 valence electrons. The van der Waals surface area contributed by atoms with Crippen molar-refractivity contribution >= 4 is 0 Å². The first kappa shape index (κ1) is 12.0. The average Bonchev–Trinajstić information content (AvgIpc) is 2.57. The average molecular weight is 238 g/mol. The second-order valence-corrected chi connectivity index (χ2v) is 7.86. The van der Waals surface area contributed by atoms with Crippen molar-refractivity contribution in [2.75, 3.05) is 0 Å². The van der Waals surface area contributed by atoms with Gasteiger partial charge in [0.05, 0.1) is 12.2 Å². The molecule has 0 amide bonds. The van der Waals surface area contributed by atoms with Crippen LogP contribution in [-0.4, -0.2) is 22.4 Å². The zero-order chi connectivity index (χ0) is 12.6. The van der Waals surface area contributed by atoms with Crippen LogP contribution in [0.1, 0.15) is 53.4 Å². The molecule has 2 heteroatoms. The number of hydrogen-bond donors (Lipinski definition) is 2. The Morgan fingerprint density at radius 2 is 1.59 bits per heavy atom. The molecule has 0 aliphatic heterocycles. The summed E-state index contributed by atoms with van der Waals surface area (Å²) in [4.78, 5) is 0. The minimum absolute atomic E-state index is 0.0646. The molecule has 17 heavy (non-hydrogen) atoms. The number of aliphatic hydroxyl groups is 2. The van der Waals surface area contributed by atoms with Gasteiger partial charge in [0.1, 0.15) is 0 Å². The van der Waals surface area contributed by atoms with Crippen LogP contribution >= 0.6 is 0 Å².